The number of hydrogen-bond acceptors (Lipinski definition) is 5. The molecule has 1 aromatic heterocycles. The third-order valence-corrected chi connectivity index (χ3v) is 4.61. The second-order valence-electron chi connectivity index (χ2n) is 5.71. The molecule has 4 N–H and O–H groups in total. The molecule has 0 saturated heterocycles. The van der Waals surface area contributed by atoms with Crippen LogP contribution in [-0.2, 0) is 0 Å². The molecule has 1 saturated carbocycles. The topological polar surface area (TPSA) is 72.7 Å². The van der Waals surface area contributed by atoms with Crippen LogP contribution < -0.4 is 11.1 Å². The molecular formula is C13H21ClN6. The third-order valence-electron chi connectivity index (χ3n) is 4.61. The van der Waals surface area contributed by atoms with Crippen LogP contribution in [0.25, 0.3) is 0 Å². The third kappa shape index (κ3) is 1.94. The molecule has 4 rings (SSSR count). The molecule has 20 heavy (non-hydrogen) atoms. The van der Waals surface area contributed by atoms with Crippen LogP contribution in [0, 0.1) is 5.92 Å². The van der Waals surface area contributed by atoms with Gasteiger partial charge in [-0.1, -0.05) is 0 Å². The fourth-order valence-electron chi connectivity index (χ4n) is 3.55. The van der Waals surface area contributed by atoms with Crippen LogP contribution in [0.4, 0.5) is 5.69 Å². The zero-order valence-corrected chi connectivity index (χ0v) is 12.1. The Kier molecular flexibility index (Phi) is 3.52. The summed E-state index contributed by atoms with van der Waals surface area (Å²) in [6.45, 7) is 1.63. The number of hydrazone groups is 1. The highest BCUT2D eigenvalue weighted by Gasteiger charge is 2.40. The number of nitrogens with two attached hydrogens (primary N) is 1. The first kappa shape index (κ1) is 13.6. The number of hydrogen-bond donors (Lipinski definition) is 3. The molecule has 0 radical (unpaired) electrons. The second kappa shape index (κ2) is 5.18. The van der Waals surface area contributed by atoms with Gasteiger partial charge in [-0.25, -0.2) is 0 Å². The van der Waals surface area contributed by atoms with Crippen LogP contribution in [0.5, 0.6) is 0 Å². The van der Waals surface area contributed by atoms with Gasteiger partial charge >= 0.3 is 0 Å². The van der Waals surface area contributed by atoms with Crippen molar-refractivity contribution in [3.63, 3.8) is 0 Å². The maximum absolute atomic E-state index is 5.80. The lowest BCUT2D eigenvalue weighted by molar-refractivity contribution is 0.0821. The largest absolute Gasteiger partial charge is 0.366 e. The maximum Gasteiger partial charge on any atom is 0.163 e. The molecule has 6 nitrogen and oxygen atoms in total. The van der Waals surface area contributed by atoms with Gasteiger partial charge < -0.3 is 20.9 Å². The molecule has 1 aliphatic carbocycles. The number of anilines is 1. The average molecular weight is 297 g/mol. The first-order chi connectivity index (χ1) is 9.36. The summed E-state index contributed by atoms with van der Waals surface area (Å²) in [5, 5.41) is 10.3. The van der Waals surface area contributed by atoms with Crippen LogP contribution in [0.15, 0.2) is 17.4 Å². The number of nitrogens with zero attached hydrogens (tertiary/aromatic N) is 3. The second-order valence-corrected chi connectivity index (χ2v) is 5.71. The van der Waals surface area contributed by atoms with E-state index in [9.17, 15) is 0 Å². The Morgan fingerprint density at radius 1 is 1.40 bits per heavy atom. The van der Waals surface area contributed by atoms with Crippen molar-refractivity contribution in [1.82, 2.24) is 14.9 Å². The van der Waals surface area contributed by atoms with E-state index in [2.05, 4.69) is 31.4 Å². The van der Waals surface area contributed by atoms with Gasteiger partial charge in [-0.2, -0.15) is 5.10 Å². The maximum atomic E-state index is 5.80. The van der Waals surface area contributed by atoms with Gasteiger partial charge in [0, 0.05) is 6.20 Å². The average Bonchev–Trinajstić information content (AvgIpc) is 3.15. The summed E-state index contributed by atoms with van der Waals surface area (Å²) in [5.41, 5.74) is 8.22. The SMILES string of the molecule is Cl.NC[C@@H]1CC[C@@H](N2N=CN3CNc4cc[nH]c4C32)C1. The van der Waals surface area contributed by atoms with Crippen molar-refractivity contribution in [2.75, 3.05) is 18.5 Å². The number of fused-ring (bicyclic) bond motifs is 3. The number of halogens is 1. The molecule has 0 amide bonds. The Bertz CT molecular complexity index is 501. The summed E-state index contributed by atoms with van der Waals surface area (Å²) in [4.78, 5) is 5.60. The highest BCUT2D eigenvalue weighted by molar-refractivity contribution is 5.85. The van der Waals surface area contributed by atoms with Gasteiger partial charge in [0.1, 0.15) is 6.34 Å². The van der Waals surface area contributed by atoms with Crippen molar-refractivity contribution in [2.24, 2.45) is 16.8 Å². The van der Waals surface area contributed by atoms with Crippen LogP contribution >= 0.6 is 12.4 Å². The van der Waals surface area contributed by atoms with Crippen molar-refractivity contribution >= 4 is 24.4 Å². The lowest BCUT2D eigenvalue weighted by Gasteiger charge is -2.37. The van der Waals surface area contributed by atoms with Crippen molar-refractivity contribution in [1.29, 1.82) is 0 Å². The molecule has 3 heterocycles. The molecule has 0 spiro atoms. The Morgan fingerprint density at radius 2 is 2.30 bits per heavy atom. The summed E-state index contributed by atoms with van der Waals surface area (Å²) >= 11 is 0. The van der Waals surface area contributed by atoms with Crippen LogP contribution in [0.3, 0.4) is 0 Å². The van der Waals surface area contributed by atoms with Crippen molar-refractivity contribution < 1.29 is 0 Å². The van der Waals surface area contributed by atoms with E-state index >= 15 is 0 Å². The zero-order chi connectivity index (χ0) is 12.8. The standard InChI is InChI=1S/C13H20N6.ClH/c14-6-9-1-2-10(5-9)19-13-12-11(3-4-15-12)16-7-18(13)8-17-19;/h3-4,8-10,13,15-16H,1-2,5-7,14H2;1H/t9-,10-,13?;/m1./s1. The fourth-order valence-corrected chi connectivity index (χ4v) is 3.55. The van der Waals surface area contributed by atoms with E-state index < -0.39 is 0 Å². The van der Waals surface area contributed by atoms with Gasteiger partial charge in [0.25, 0.3) is 0 Å². The van der Waals surface area contributed by atoms with Gasteiger partial charge in [-0.3, -0.25) is 5.01 Å². The molecule has 3 atom stereocenters. The molecule has 3 aliphatic rings. The monoisotopic (exact) mass is 296 g/mol. The van der Waals surface area contributed by atoms with Gasteiger partial charge in [-0.05, 0) is 37.8 Å². The summed E-state index contributed by atoms with van der Waals surface area (Å²) < 4.78 is 0. The lowest BCUT2D eigenvalue weighted by Crippen LogP contribution is -2.42. The van der Waals surface area contributed by atoms with Crippen molar-refractivity contribution in [3.05, 3.63) is 18.0 Å². The predicted octanol–water partition coefficient (Wildman–Crippen LogP) is 1.51. The molecular weight excluding hydrogens is 276 g/mol. The first-order valence-electron chi connectivity index (χ1n) is 7.06. The minimum atomic E-state index is 0. The number of rotatable bonds is 2. The summed E-state index contributed by atoms with van der Waals surface area (Å²) in [7, 11) is 0. The van der Waals surface area contributed by atoms with Crippen LogP contribution in [0.1, 0.15) is 31.1 Å². The van der Waals surface area contributed by atoms with Crippen molar-refractivity contribution in [3.8, 4) is 0 Å². The van der Waals surface area contributed by atoms with Gasteiger partial charge in [-0.15, -0.1) is 12.4 Å². The molecule has 1 unspecified atom stereocenters. The molecule has 7 heteroatoms. The van der Waals surface area contributed by atoms with E-state index in [4.69, 9.17) is 5.73 Å². The number of nitrogens with one attached hydrogen (secondary N) is 2. The van der Waals surface area contributed by atoms with E-state index in [1.165, 1.54) is 30.6 Å². The number of aromatic amines is 1. The smallest absolute Gasteiger partial charge is 0.163 e. The number of H-pyrrole nitrogens is 1. The zero-order valence-electron chi connectivity index (χ0n) is 11.3. The van der Waals surface area contributed by atoms with E-state index in [0.717, 1.165) is 13.2 Å². The molecule has 2 aliphatic heterocycles. The van der Waals surface area contributed by atoms with E-state index in [-0.39, 0.29) is 18.6 Å². The summed E-state index contributed by atoms with van der Waals surface area (Å²) in [6, 6.07) is 2.62. The van der Waals surface area contributed by atoms with Gasteiger partial charge in [0.05, 0.1) is 24.1 Å². The normalized spacial score (nSPS) is 30.8. The van der Waals surface area contributed by atoms with Crippen molar-refractivity contribution in [2.45, 2.75) is 31.5 Å². The molecule has 1 aromatic rings. The Labute approximate surface area is 124 Å². The van der Waals surface area contributed by atoms with E-state index in [1.807, 2.05) is 12.5 Å². The minimum Gasteiger partial charge on any atom is -0.366 e. The molecule has 1 fully saturated rings. The highest BCUT2D eigenvalue weighted by Crippen LogP contribution is 2.41. The van der Waals surface area contributed by atoms with Crippen LogP contribution in [-0.4, -0.2) is 40.5 Å². The lowest BCUT2D eigenvalue weighted by atomic mass is 10.1. The Morgan fingerprint density at radius 3 is 3.10 bits per heavy atom. The number of aromatic nitrogens is 1. The molecule has 0 aromatic carbocycles. The summed E-state index contributed by atoms with van der Waals surface area (Å²) in [6.07, 6.45) is 7.78. The Hall–Kier alpha value is -1.40. The minimum absolute atomic E-state index is 0. The Balaban J connectivity index is 0.00000121. The summed E-state index contributed by atoms with van der Waals surface area (Å²) in [5.74, 6) is 0.666. The van der Waals surface area contributed by atoms with Gasteiger partial charge in [0.2, 0.25) is 0 Å². The van der Waals surface area contributed by atoms with E-state index in [0.29, 0.717) is 12.0 Å². The predicted molar refractivity (Wildman–Crippen MR) is 81.6 cm³/mol. The molecule has 0 bridgehead atoms. The molecule has 110 valence electrons. The highest BCUT2D eigenvalue weighted by atomic mass is 35.5. The fraction of sp³-hybridized carbons (Fsp3) is 0.615. The van der Waals surface area contributed by atoms with Gasteiger partial charge in [0.15, 0.2) is 6.17 Å². The first-order valence-corrected chi connectivity index (χ1v) is 7.06. The quantitative estimate of drug-likeness (QED) is 0.773. The van der Waals surface area contributed by atoms with Crippen LogP contribution in [0.2, 0.25) is 0 Å². The van der Waals surface area contributed by atoms with E-state index in [1.54, 1.807) is 0 Å².